The lowest BCUT2D eigenvalue weighted by Gasteiger charge is -2.12. The van der Waals surface area contributed by atoms with Crippen LogP contribution in [0.25, 0.3) is 0 Å². The minimum absolute atomic E-state index is 0.276. The fourth-order valence-corrected chi connectivity index (χ4v) is 2.18. The fourth-order valence-electron chi connectivity index (χ4n) is 1.75. The first-order chi connectivity index (χ1) is 9.11. The Hall–Kier alpha value is -1.46. The first-order valence-electron chi connectivity index (χ1n) is 5.73. The fraction of sp³-hybridized carbons (Fsp3) is 0.214. The van der Waals surface area contributed by atoms with E-state index in [9.17, 15) is 9.50 Å². The third-order valence-electron chi connectivity index (χ3n) is 2.74. The van der Waals surface area contributed by atoms with Crippen molar-refractivity contribution in [3.63, 3.8) is 0 Å². The van der Waals surface area contributed by atoms with E-state index in [0.717, 1.165) is 0 Å². The SMILES string of the molecule is COc1cccc(C(O)Cc2cccc(F)c2Br)n1. The predicted octanol–water partition coefficient (Wildman–Crippen LogP) is 3.27. The minimum Gasteiger partial charge on any atom is -0.481 e. The van der Waals surface area contributed by atoms with Gasteiger partial charge in [0.1, 0.15) is 11.9 Å². The topological polar surface area (TPSA) is 42.4 Å². The van der Waals surface area contributed by atoms with Gasteiger partial charge in [-0.25, -0.2) is 9.37 Å². The number of aromatic nitrogens is 1. The zero-order chi connectivity index (χ0) is 13.8. The van der Waals surface area contributed by atoms with Crippen molar-refractivity contribution >= 4 is 15.9 Å². The maximum atomic E-state index is 13.4. The van der Waals surface area contributed by atoms with Crippen LogP contribution in [0.1, 0.15) is 17.4 Å². The molecule has 0 spiro atoms. The van der Waals surface area contributed by atoms with Gasteiger partial charge >= 0.3 is 0 Å². The van der Waals surface area contributed by atoms with E-state index in [2.05, 4.69) is 20.9 Å². The van der Waals surface area contributed by atoms with Gasteiger partial charge in [0.2, 0.25) is 5.88 Å². The number of ether oxygens (including phenoxy) is 1. The van der Waals surface area contributed by atoms with Gasteiger partial charge < -0.3 is 9.84 Å². The van der Waals surface area contributed by atoms with E-state index < -0.39 is 6.10 Å². The Balaban J connectivity index is 2.20. The monoisotopic (exact) mass is 325 g/mol. The summed E-state index contributed by atoms with van der Waals surface area (Å²) in [6.07, 6.45) is -0.536. The van der Waals surface area contributed by atoms with E-state index in [-0.39, 0.29) is 12.2 Å². The van der Waals surface area contributed by atoms with Gasteiger partial charge in [-0.1, -0.05) is 18.2 Å². The molecule has 0 saturated heterocycles. The molecule has 1 heterocycles. The van der Waals surface area contributed by atoms with Crippen molar-refractivity contribution in [1.82, 2.24) is 4.98 Å². The second-order valence-corrected chi connectivity index (χ2v) is 4.83. The van der Waals surface area contributed by atoms with Gasteiger partial charge in [0.05, 0.1) is 17.3 Å². The molecular formula is C14H13BrFNO2. The molecule has 0 radical (unpaired) electrons. The average molecular weight is 326 g/mol. The van der Waals surface area contributed by atoms with Crippen LogP contribution in [0, 0.1) is 5.82 Å². The van der Waals surface area contributed by atoms with Crippen LogP contribution in [0.4, 0.5) is 4.39 Å². The second-order valence-electron chi connectivity index (χ2n) is 4.04. The molecular weight excluding hydrogens is 313 g/mol. The number of aliphatic hydroxyl groups is 1. The van der Waals surface area contributed by atoms with E-state index in [4.69, 9.17) is 4.74 Å². The molecule has 1 atom stereocenters. The molecule has 2 rings (SSSR count). The van der Waals surface area contributed by atoms with Crippen molar-refractivity contribution in [2.24, 2.45) is 0 Å². The smallest absolute Gasteiger partial charge is 0.213 e. The summed E-state index contributed by atoms with van der Waals surface area (Å²) in [5, 5.41) is 10.1. The number of aliphatic hydroxyl groups excluding tert-OH is 1. The van der Waals surface area contributed by atoms with Gasteiger partial charge in [0.25, 0.3) is 0 Å². The Morgan fingerprint density at radius 1 is 1.32 bits per heavy atom. The van der Waals surface area contributed by atoms with Crippen molar-refractivity contribution in [2.75, 3.05) is 7.11 Å². The van der Waals surface area contributed by atoms with Gasteiger partial charge in [-0.15, -0.1) is 0 Å². The molecule has 0 amide bonds. The predicted molar refractivity (Wildman–Crippen MR) is 73.6 cm³/mol. The van der Waals surface area contributed by atoms with E-state index in [1.807, 2.05) is 0 Å². The van der Waals surface area contributed by atoms with Crippen LogP contribution in [0.3, 0.4) is 0 Å². The van der Waals surface area contributed by atoms with Gasteiger partial charge in [-0.05, 0) is 33.6 Å². The number of halogens is 2. The number of hydrogen-bond donors (Lipinski definition) is 1. The van der Waals surface area contributed by atoms with Gasteiger partial charge in [0, 0.05) is 12.5 Å². The normalized spacial score (nSPS) is 12.2. The summed E-state index contributed by atoms with van der Waals surface area (Å²) in [7, 11) is 1.52. The number of methoxy groups -OCH3 is 1. The van der Waals surface area contributed by atoms with Crippen LogP contribution in [-0.4, -0.2) is 17.2 Å². The number of pyridine rings is 1. The minimum atomic E-state index is -0.812. The highest BCUT2D eigenvalue weighted by Crippen LogP contribution is 2.25. The zero-order valence-corrected chi connectivity index (χ0v) is 11.9. The number of benzene rings is 1. The van der Waals surface area contributed by atoms with Crippen molar-refractivity contribution < 1.29 is 14.2 Å². The van der Waals surface area contributed by atoms with E-state index >= 15 is 0 Å². The summed E-state index contributed by atoms with van der Waals surface area (Å²) in [5.41, 5.74) is 1.19. The van der Waals surface area contributed by atoms with Crippen molar-refractivity contribution in [3.8, 4) is 5.88 Å². The highest BCUT2D eigenvalue weighted by molar-refractivity contribution is 9.10. The Bertz CT molecular complexity index is 577. The summed E-state index contributed by atoms with van der Waals surface area (Å²) in [4.78, 5) is 4.16. The average Bonchev–Trinajstić information content (AvgIpc) is 2.44. The maximum Gasteiger partial charge on any atom is 0.213 e. The molecule has 0 aliphatic heterocycles. The Labute approximate surface area is 119 Å². The Morgan fingerprint density at radius 3 is 2.79 bits per heavy atom. The summed E-state index contributed by atoms with van der Waals surface area (Å²) < 4.78 is 18.8. The summed E-state index contributed by atoms with van der Waals surface area (Å²) >= 11 is 3.18. The van der Waals surface area contributed by atoms with Crippen LogP contribution >= 0.6 is 15.9 Å². The van der Waals surface area contributed by atoms with Crippen LogP contribution in [-0.2, 0) is 6.42 Å². The molecule has 3 nitrogen and oxygen atoms in total. The maximum absolute atomic E-state index is 13.4. The Morgan fingerprint density at radius 2 is 2.05 bits per heavy atom. The molecule has 100 valence electrons. The van der Waals surface area contributed by atoms with E-state index in [1.54, 1.807) is 30.3 Å². The lowest BCUT2D eigenvalue weighted by Crippen LogP contribution is -2.05. The summed E-state index contributed by atoms with van der Waals surface area (Å²) in [5.74, 6) is 0.0955. The largest absolute Gasteiger partial charge is 0.481 e. The molecule has 1 aromatic carbocycles. The second kappa shape index (κ2) is 6.12. The Kier molecular flexibility index (Phi) is 4.50. The van der Waals surface area contributed by atoms with E-state index in [0.29, 0.717) is 21.6 Å². The number of rotatable bonds is 4. The summed E-state index contributed by atoms with van der Waals surface area (Å²) in [6, 6.07) is 9.90. The van der Waals surface area contributed by atoms with Gasteiger partial charge in [-0.2, -0.15) is 0 Å². The molecule has 0 saturated carbocycles. The lowest BCUT2D eigenvalue weighted by molar-refractivity contribution is 0.172. The standard InChI is InChI=1S/C14H13BrFNO2/c1-19-13-7-3-6-11(17-13)12(18)8-9-4-2-5-10(16)14(9)15/h2-7,12,18H,8H2,1H3. The van der Waals surface area contributed by atoms with E-state index in [1.165, 1.54) is 13.2 Å². The number of nitrogens with zero attached hydrogens (tertiary/aromatic N) is 1. The van der Waals surface area contributed by atoms with Crippen LogP contribution < -0.4 is 4.74 Å². The molecule has 5 heteroatoms. The zero-order valence-electron chi connectivity index (χ0n) is 10.3. The lowest BCUT2D eigenvalue weighted by atomic mass is 10.1. The van der Waals surface area contributed by atoms with Crippen molar-refractivity contribution in [1.29, 1.82) is 0 Å². The molecule has 19 heavy (non-hydrogen) atoms. The molecule has 0 aliphatic carbocycles. The van der Waals surface area contributed by atoms with Gasteiger partial charge in [0.15, 0.2) is 0 Å². The quantitative estimate of drug-likeness (QED) is 0.938. The molecule has 0 fully saturated rings. The highest BCUT2D eigenvalue weighted by atomic mass is 79.9. The molecule has 1 N–H and O–H groups in total. The molecule has 0 aliphatic rings. The number of hydrogen-bond acceptors (Lipinski definition) is 3. The first kappa shape index (κ1) is 14.0. The molecule has 2 aromatic rings. The molecule has 0 bridgehead atoms. The van der Waals surface area contributed by atoms with Crippen LogP contribution in [0.2, 0.25) is 0 Å². The highest BCUT2D eigenvalue weighted by Gasteiger charge is 2.14. The van der Waals surface area contributed by atoms with Crippen molar-refractivity contribution in [2.45, 2.75) is 12.5 Å². The molecule has 1 unspecified atom stereocenters. The van der Waals surface area contributed by atoms with Crippen molar-refractivity contribution in [3.05, 3.63) is 57.9 Å². The van der Waals surface area contributed by atoms with Gasteiger partial charge in [-0.3, -0.25) is 0 Å². The summed E-state index contributed by atoms with van der Waals surface area (Å²) in [6.45, 7) is 0. The third kappa shape index (κ3) is 3.30. The van der Waals surface area contributed by atoms with Crippen LogP contribution in [0.15, 0.2) is 40.9 Å². The first-order valence-corrected chi connectivity index (χ1v) is 6.53. The third-order valence-corrected chi connectivity index (χ3v) is 3.63. The molecule has 1 aromatic heterocycles. The van der Waals surface area contributed by atoms with Crippen LogP contribution in [0.5, 0.6) is 5.88 Å².